The van der Waals surface area contributed by atoms with E-state index in [0.717, 1.165) is 61.4 Å². The molecule has 54 heavy (non-hydrogen) atoms. The van der Waals surface area contributed by atoms with Gasteiger partial charge in [-0.25, -0.2) is 9.97 Å². The molecule has 1 aliphatic rings. The first-order chi connectivity index (χ1) is 26.7. The number of hydrogen-bond acceptors (Lipinski definition) is 6. The lowest BCUT2D eigenvalue weighted by molar-refractivity contribution is 0.310. The molecule has 9 aromatic rings. The molecule has 0 fully saturated rings. The zero-order valence-corrected chi connectivity index (χ0v) is 30.3. The van der Waals surface area contributed by atoms with E-state index in [0.29, 0.717) is 23.7 Å². The van der Waals surface area contributed by atoms with E-state index in [1.807, 2.05) is 48.5 Å². The van der Waals surface area contributed by atoms with Crippen LogP contribution in [0.2, 0.25) is 0 Å². The number of benzene rings is 7. The van der Waals surface area contributed by atoms with Gasteiger partial charge in [0.2, 0.25) is 0 Å². The van der Waals surface area contributed by atoms with E-state index >= 15 is 0 Å². The normalized spacial score (nSPS) is 12.3. The molecule has 0 atom stereocenters. The van der Waals surface area contributed by atoms with E-state index in [1.54, 1.807) is 0 Å². The summed E-state index contributed by atoms with van der Waals surface area (Å²) in [6.45, 7) is 0. The minimum Gasteiger partial charge on any atom is -0.577 e. The first-order valence-electron chi connectivity index (χ1n) is 18.0. The molecule has 0 saturated heterocycles. The summed E-state index contributed by atoms with van der Waals surface area (Å²) in [6.07, 6.45) is 0.608. The van der Waals surface area contributed by atoms with E-state index in [9.17, 15) is 0 Å². The number of hydrogen-bond donors (Lipinski definition) is 0. The number of anilines is 3. The monoisotopic (exact) mass is 713 g/mol. The Morgan fingerprint density at radius 2 is 1.00 bits per heavy atom. The van der Waals surface area contributed by atoms with Crippen molar-refractivity contribution in [2.75, 3.05) is 4.90 Å². The molecule has 7 aromatic carbocycles. The third-order valence-corrected chi connectivity index (χ3v) is 11.2. The van der Waals surface area contributed by atoms with E-state index in [2.05, 4.69) is 138 Å². The van der Waals surface area contributed by atoms with Gasteiger partial charge < -0.3 is 16.3 Å². The minimum atomic E-state index is -2.90. The summed E-state index contributed by atoms with van der Waals surface area (Å²) in [5, 5.41) is 4.38. The largest absolute Gasteiger partial charge is 1.20 e. The van der Waals surface area contributed by atoms with Gasteiger partial charge in [-0.15, -0.1) is 0 Å². The molecule has 1 aliphatic heterocycles. The molecule has 0 aliphatic carbocycles. The Labute approximate surface area is 317 Å². The minimum absolute atomic E-state index is 0.608. The molecule has 0 radical (unpaired) electrons. The van der Waals surface area contributed by atoms with Crippen molar-refractivity contribution < 1.29 is 11.4 Å². The highest BCUT2D eigenvalue weighted by Crippen LogP contribution is 2.39. The zero-order chi connectivity index (χ0) is 35.8. The van der Waals surface area contributed by atoms with Crippen LogP contribution in [0.3, 0.4) is 0 Å². The van der Waals surface area contributed by atoms with Crippen molar-refractivity contribution in [3.05, 3.63) is 193 Å². The predicted octanol–water partition coefficient (Wildman–Crippen LogP) is 11.5. The van der Waals surface area contributed by atoms with Crippen LogP contribution in [0, 0.1) is 0 Å². The molecule has 0 unspecified atom stereocenters. The van der Waals surface area contributed by atoms with Gasteiger partial charge in [0.05, 0.1) is 11.4 Å². The van der Waals surface area contributed by atoms with Gasteiger partial charge in [0.15, 0.2) is 0 Å². The molecule has 10 rings (SSSR count). The molecule has 256 valence electrons. The number of nitrogens with zero attached hydrogens (tertiary/aromatic N) is 3. The van der Waals surface area contributed by atoms with Crippen LogP contribution in [0.1, 0.15) is 11.4 Å². The van der Waals surface area contributed by atoms with Gasteiger partial charge in [0, 0.05) is 45.3 Å². The second-order valence-corrected chi connectivity index (χ2v) is 14.6. The van der Waals surface area contributed by atoms with E-state index in [-0.39, 0.29) is 0 Å². The number of aromatic nitrogens is 2. The summed E-state index contributed by atoms with van der Waals surface area (Å²) in [5.74, 6) is 1.94. The van der Waals surface area contributed by atoms with Gasteiger partial charge in [-0.3, -0.25) is 0 Å². The van der Waals surface area contributed by atoms with Gasteiger partial charge in [-0.2, -0.15) is 0 Å². The van der Waals surface area contributed by atoms with Crippen molar-refractivity contribution in [2.45, 2.75) is 6.42 Å². The SMILES string of the molecule is c1ccc(N(c2ccc(-c3ccc([O][Al]4[O]c5cccc6ccc(nc56)Cc5ccc6cccc(c6n5)[O]4)cc3)cc2)c2cccc3ccccc23)cc1. The summed E-state index contributed by atoms with van der Waals surface area (Å²) in [6, 6.07) is 62.5. The zero-order valence-electron chi connectivity index (χ0n) is 29.2. The molecular formula is C47H32AlN3O3. The van der Waals surface area contributed by atoms with Crippen molar-refractivity contribution in [3.8, 4) is 28.4 Å². The van der Waals surface area contributed by atoms with Crippen LogP contribution in [0.4, 0.5) is 17.1 Å². The maximum Gasteiger partial charge on any atom is 1.20 e. The number of rotatable bonds is 6. The molecule has 0 N–H and O–H groups in total. The van der Waals surface area contributed by atoms with E-state index in [4.69, 9.17) is 21.3 Å². The summed E-state index contributed by atoms with van der Waals surface area (Å²) in [7, 11) is 0. The fraction of sp³-hybridized carbons (Fsp3) is 0.0213. The summed E-state index contributed by atoms with van der Waals surface area (Å²) in [5.41, 5.74) is 8.89. The Hall–Kier alpha value is -6.65. The van der Waals surface area contributed by atoms with Gasteiger partial charge in [-0.05, 0) is 83.2 Å². The van der Waals surface area contributed by atoms with Crippen molar-refractivity contribution >= 4 is 64.8 Å². The molecule has 4 bridgehead atoms. The highest BCUT2D eigenvalue weighted by atomic mass is 27.3. The highest BCUT2D eigenvalue weighted by molar-refractivity contribution is 6.40. The quantitative estimate of drug-likeness (QED) is 0.160. The maximum absolute atomic E-state index is 6.61. The Morgan fingerprint density at radius 1 is 0.463 bits per heavy atom. The average molecular weight is 714 g/mol. The Bertz CT molecular complexity index is 2700. The molecule has 3 heterocycles. The van der Waals surface area contributed by atoms with Gasteiger partial charge in [0.25, 0.3) is 0 Å². The second kappa shape index (κ2) is 13.7. The van der Waals surface area contributed by atoms with Crippen LogP contribution in [0.15, 0.2) is 182 Å². The van der Waals surface area contributed by atoms with E-state index < -0.39 is 15.1 Å². The number of pyridine rings is 2. The molecule has 2 aromatic heterocycles. The van der Waals surface area contributed by atoms with E-state index in [1.165, 1.54) is 10.8 Å². The van der Waals surface area contributed by atoms with Gasteiger partial charge in [0.1, 0.15) is 22.5 Å². The topological polar surface area (TPSA) is 56.7 Å². The van der Waals surface area contributed by atoms with Crippen LogP contribution < -0.4 is 16.3 Å². The third kappa shape index (κ3) is 6.16. The fourth-order valence-corrected chi connectivity index (χ4v) is 8.54. The van der Waals surface area contributed by atoms with Crippen LogP contribution in [-0.4, -0.2) is 25.1 Å². The molecule has 0 saturated carbocycles. The molecule has 6 nitrogen and oxygen atoms in total. The van der Waals surface area contributed by atoms with Crippen LogP contribution in [-0.2, 0) is 6.42 Å². The van der Waals surface area contributed by atoms with Crippen LogP contribution >= 0.6 is 0 Å². The number of para-hydroxylation sites is 3. The second-order valence-electron chi connectivity index (χ2n) is 13.3. The third-order valence-electron chi connectivity index (χ3n) is 9.86. The Balaban J connectivity index is 0.958. The standard InChI is InChI=1S/C28H21NO.C19H14N2O2.Al/c30-26-19-15-22(16-20-26)21-13-17-25(18-14-21)29(24-9-2-1-3-10-24)28-12-6-8-23-7-4-5-11-27(23)28;22-16-5-1-3-12-7-9-14(20-18(12)16)11-15-10-8-13-4-2-6-17(23)19(13)21-15;/h1-20,30H;1-10,22-23H,11H2;/q;;+3/p-3. The summed E-state index contributed by atoms with van der Waals surface area (Å²) < 4.78 is 19.8. The Morgan fingerprint density at radius 3 is 1.67 bits per heavy atom. The van der Waals surface area contributed by atoms with Crippen molar-refractivity contribution in [2.24, 2.45) is 0 Å². The van der Waals surface area contributed by atoms with Crippen LogP contribution in [0.5, 0.6) is 17.2 Å². The predicted molar refractivity (Wildman–Crippen MR) is 218 cm³/mol. The molecule has 0 spiro atoms. The first-order valence-corrected chi connectivity index (χ1v) is 19.4. The maximum atomic E-state index is 6.61. The first kappa shape index (κ1) is 32.0. The van der Waals surface area contributed by atoms with Crippen molar-refractivity contribution in [1.29, 1.82) is 0 Å². The number of fused-ring (bicyclic) bond motifs is 3. The summed E-state index contributed by atoms with van der Waals surface area (Å²) >= 11 is -2.90. The molecule has 0 amide bonds. The fourth-order valence-electron chi connectivity index (χ4n) is 7.22. The van der Waals surface area contributed by atoms with Crippen LogP contribution in [0.25, 0.3) is 43.7 Å². The Kier molecular flexibility index (Phi) is 8.14. The highest BCUT2D eigenvalue weighted by Gasteiger charge is 2.45. The van der Waals surface area contributed by atoms with Crippen molar-refractivity contribution in [1.82, 2.24) is 9.97 Å². The lowest BCUT2D eigenvalue weighted by Gasteiger charge is -2.27. The van der Waals surface area contributed by atoms with Crippen molar-refractivity contribution in [3.63, 3.8) is 0 Å². The smallest absolute Gasteiger partial charge is 0.577 e. The molecular weight excluding hydrogens is 682 g/mol. The summed E-state index contributed by atoms with van der Waals surface area (Å²) in [4.78, 5) is 12.3. The lowest BCUT2D eigenvalue weighted by Crippen LogP contribution is -2.37. The molecule has 7 heteroatoms. The average Bonchev–Trinajstić information content (AvgIpc) is 3.22. The lowest BCUT2D eigenvalue weighted by atomic mass is 10.0. The van der Waals surface area contributed by atoms with Gasteiger partial charge in [-0.1, -0.05) is 115 Å². The van der Waals surface area contributed by atoms with Gasteiger partial charge >= 0.3 is 15.1 Å².